The third-order valence-electron chi connectivity index (χ3n) is 1.31. The van der Waals surface area contributed by atoms with Crippen LogP contribution in [0, 0.1) is 0 Å². The molecule has 0 saturated carbocycles. The fourth-order valence-corrected chi connectivity index (χ4v) is 1.15. The Labute approximate surface area is 69.2 Å². The number of thioether (sulfide) groups is 1. The standard InChI is InChI=1S/C8H8O2S/c1-11-8(10)6-4-2-3-5-7(6)9/h2-5,9H,1H3. The molecule has 0 saturated heterocycles. The molecule has 11 heavy (non-hydrogen) atoms. The van der Waals surface area contributed by atoms with E-state index in [2.05, 4.69) is 0 Å². The third kappa shape index (κ3) is 1.74. The smallest absolute Gasteiger partial charge is 0.222 e. The average molecular weight is 168 g/mol. The van der Waals surface area contributed by atoms with Crippen LogP contribution < -0.4 is 0 Å². The molecule has 0 radical (unpaired) electrons. The Balaban J connectivity index is 3.03. The Morgan fingerprint density at radius 3 is 2.64 bits per heavy atom. The number of hydrogen-bond acceptors (Lipinski definition) is 3. The van der Waals surface area contributed by atoms with Crippen LogP contribution >= 0.6 is 11.8 Å². The van der Waals surface area contributed by atoms with Crippen LogP contribution in [0.1, 0.15) is 10.4 Å². The molecule has 2 nitrogen and oxygen atoms in total. The van der Waals surface area contributed by atoms with Crippen molar-refractivity contribution in [2.24, 2.45) is 0 Å². The van der Waals surface area contributed by atoms with E-state index in [1.54, 1.807) is 24.5 Å². The Bertz CT molecular complexity index is 271. The molecule has 3 heteroatoms. The number of aromatic hydroxyl groups is 1. The first-order chi connectivity index (χ1) is 5.25. The second-order valence-corrected chi connectivity index (χ2v) is 2.79. The lowest BCUT2D eigenvalue weighted by Crippen LogP contribution is -1.91. The topological polar surface area (TPSA) is 37.3 Å². The fraction of sp³-hybridized carbons (Fsp3) is 0.125. The van der Waals surface area contributed by atoms with Gasteiger partial charge >= 0.3 is 0 Å². The van der Waals surface area contributed by atoms with Gasteiger partial charge in [-0.2, -0.15) is 0 Å². The maximum atomic E-state index is 11.0. The van der Waals surface area contributed by atoms with E-state index in [0.717, 1.165) is 11.8 Å². The van der Waals surface area contributed by atoms with Crippen LogP contribution in [0.4, 0.5) is 0 Å². The molecule has 0 aromatic heterocycles. The van der Waals surface area contributed by atoms with E-state index in [-0.39, 0.29) is 10.9 Å². The van der Waals surface area contributed by atoms with Crippen LogP contribution in [0.3, 0.4) is 0 Å². The minimum absolute atomic E-state index is 0.0480. The molecule has 1 N–H and O–H groups in total. The van der Waals surface area contributed by atoms with Crippen molar-refractivity contribution in [2.45, 2.75) is 0 Å². The number of benzene rings is 1. The number of para-hydroxylation sites is 1. The van der Waals surface area contributed by atoms with Crippen molar-refractivity contribution in [1.82, 2.24) is 0 Å². The summed E-state index contributed by atoms with van der Waals surface area (Å²) in [6, 6.07) is 6.52. The first-order valence-corrected chi connectivity index (χ1v) is 4.34. The molecule has 0 bridgehead atoms. The van der Waals surface area contributed by atoms with Gasteiger partial charge in [0.05, 0.1) is 5.56 Å². The van der Waals surface area contributed by atoms with Gasteiger partial charge in [-0.3, -0.25) is 4.79 Å². The Kier molecular flexibility index (Phi) is 2.54. The zero-order valence-electron chi connectivity index (χ0n) is 6.07. The van der Waals surface area contributed by atoms with Gasteiger partial charge in [-0.15, -0.1) is 0 Å². The molecule has 1 aromatic carbocycles. The van der Waals surface area contributed by atoms with Crippen LogP contribution in [-0.2, 0) is 0 Å². The van der Waals surface area contributed by atoms with E-state index < -0.39 is 0 Å². The van der Waals surface area contributed by atoms with Crippen molar-refractivity contribution < 1.29 is 9.90 Å². The molecular formula is C8H8O2S. The molecule has 0 atom stereocenters. The SMILES string of the molecule is CSC(=O)c1ccccc1O. The lowest BCUT2D eigenvalue weighted by atomic mass is 10.2. The molecule has 1 rings (SSSR count). The van der Waals surface area contributed by atoms with Crippen molar-refractivity contribution >= 4 is 16.9 Å². The van der Waals surface area contributed by atoms with Crippen LogP contribution in [0.25, 0.3) is 0 Å². The highest BCUT2D eigenvalue weighted by Gasteiger charge is 2.07. The number of hydrogen-bond donors (Lipinski definition) is 1. The largest absolute Gasteiger partial charge is 0.507 e. The molecule has 0 fully saturated rings. The molecule has 0 heterocycles. The summed E-state index contributed by atoms with van der Waals surface area (Å²) >= 11 is 1.09. The summed E-state index contributed by atoms with van der Waals surface area (Å²) in [5.41, 5.74) is 0.375. The Hall–Kier alpha value is -0.960. The van der Waals surface area contributed by atoms with E-state index in [0.29, 0.717) is 5.56 Å². The molecule has 0 aliphatic carbocycles. The van der Waals surface area contributed by atoms with Crippen molar-refractivity contribution in [3.8, 4) is 5.75 Å². The van der Waals surface area contributed by atoms with Gasteiger partial charge in [-0.05, 0) is 18.4 Å². The molecule has 1 aromatic rings. The van der Waals surface area contributed by atoms with Gasteiger partial charge in [0, 0.05) is 0 Å². The predicted molar refractivity (Wildman–Crippen MR) is 46.0 cm³/mol. The van der Waals surface area contributed by atoms with E-state index in [4.69, 9.17) is 0 Å². The summed E-state index contributed by atoms with van der Waals surface area (Å²) in [5.74, 6) is 0.0480. The van der Waals surface area contributed by atoms with E-state index >= 15 is 0 Å². The summed E-state index contributed by atoms with van der Waals surface area (Å²) in [6.45, 7) is 0. The second-order valence-electron chi connectivity index (χ2n) is 2.01. The monoisotopic (exact) mass is 168 g/mol. The summed E-state index contributed by atoms with van der Waals surface area (Å²) in [7, 11) is 0. The fourth-order valence-electron chi connectivity index (χ4n) is 0.756. The van der Waals surface area contributed by atoms with Crippen molar-refractivity contribution in [2.75, 3.05) is 6.26 Å². The molecule has 0 unspecified atom stereocenters. The molecular weight excluding hydrogens is 160 g/mol. The first-order valence-electron chi connectivity index (χ1n) is 3.12. The zero-order chi connectivity index (χ0) is 8.27. The highest BCUT2D eigenvalue weighted by atomic mass is 32.2. The highest BCUT2D eigenvalue weighted by molar-refractivity contribution is 8.13. The molecule has 0 spiro atoms. The number of phenols is 1. The summed E-state index contributed by atoms with van der Waals surface area (Å²) in [4.78, 5) is 11.0. The van der Waals surface area contributed by atoms with Crippen LogP contribution in [0.15, 0.2) is 24.3 Å². The van der Waals surface area contributed by atoms with Crippen molar-refractivity contribution in [1.29, 1.82) is 0 Å². The van der Waals surface area contributed by atoms with Crippen molar-refractivity contribution in [3.05, 3.63) is 29.8 Å². The number of phenolic OH excluding ortho intramolecular Hbond substituents is 1. The number of carbonyl (C=O) groups is 1. The van der Waals surface area contributed by atoms with Gasteiger partial charge in [-0.25, -0.2) is 0 Å². The van der Waals surface area contributed by atoms with Gasteiger partial charge in [0.15, 0.2) is 0 Å². The van der Waals surface area contributed by atoms with Crippen LogP contribution in [-0.4, -0.2) is 16.5 Å². The van der Waals surface area contributed by atoms with E-state index in [1.165, 1.54) is 6.07 Å². The predicted octanol–water partition coefficient (Wildman–Crippen LogP) is 1.90. The summed E-state index contributed by atoms with van der Waals surface area (Å²) in [5, 5.41) is 9.07. The zero-order valence-corrected chi connectivity index (χ0v) is 6.89. The minimum Gasteiger partial charge on any atom is -0.507 e. The maximum Gasteiger partial charge on any atom is 0.222 e. The van der Waals surface area contributed by atoms with Gasteiger partial charge in [0.2, 0.25) is 5.12 Å². The molecule has 0 aliphatic heterocycles. The Morgan fingerprint density at radius 2 is 2.09 bits per heavy atom. The third-order valence-corrected chi connectivity index (χ3v) is 1.90. The van der Waals surface area contributed by atoms with Crippen LogP contribution in [0.5, 0.6) is 5.75 Å². The number of carbonyl (C=O) groups excluding carboxylic acids is 1. The molecule has 58 valence electrons. The summed E-state index contributed by atoms with van der Waals surface area (Å²) < 4.78 is 0. The lowest BCUT2D eigenvalue weighted by Gasteiger charge is -1.98. The van der Waals surface area contributed by atoms with Gasteiger partial charge in [0.25, 0.3) is 0 Å². The van der Waals surface area contributed by atoms with Gasteiger partial charge in [0.1, 0.15) is 5.75 Å². The number of rotatable bonds is 1. The normalized spacial score (nSPS) is 9.55. The molecule has 0 aliphatic rings. The van der Waals surface area contributed by atoms with Gasteiger partial charge < -0.3 is 5.11 Å². The quantitative estimate of drug-likeness (QED) is 0.695. The van der Waals surface area contributed by atoms with Crippen molar-refractivity contribution in [3.63, 3.8) is 0 Å². The average Bonchev–Trinajstić information content (AvgIpc) is 2.04. The second kappa shape index (κ2) is 3.44. The summed E-state index contributed by atoms with van der Waals surface area (Å²) in [6.07, 6.45) is 1.69. The van der Waals surface area contributed by atoms with E-state index in [9.17, 15) is 9.90 Å². The van der Waals surface area contributed by atoms with Gasteiger partial charge in [-0.1, -0.05) is 23.9 Å². The van der Waals surface area contributed by atoms with E-state index in [1.807, 2.05) is 0 Å². The minimum atomic E-state index is -0.108. The van der Waals surface area contributed by atoms with Crippen LogP contribution in [0.2, 0.25) is 0 Å². The first kappa shape index (κ1) is 8.14. The highest BCUT2D eigenvalue weighted by Crippen LogP contribution is 2.19. The molecule has 0 amide bonds. The maximum absolute atomic E-state index is 11.0. The lowest BCUT2D eigenvalue weighted by molar-refractivity contribution is 0.108. The Morgan fingerprint density at radius 1 is 1.45 bits per heavy atom.